The number of hydrogen-bond acceptors (Lipinski definition) is 6. The smallest absolute Gasteiger partial charge is 0.326 e. The highest BCUT2D eigenvalue weighted by Gasteiger charge is 2.36. The molecule has 9 heteroatoms. The molecule has 1 aromatic heterocycles. The van der Waals surface area contributed by atoms with Crippen LogP contribution in [0.4, 0.5) is 11.5 Å². The number of hydrogen-bond donors (Lipinski definition) is 2. The summed E-state index contributed by atoms with van der Waals surface area (Å²) in [5, 5.41) is 13.2. The number of nitrogen functional groups attached to an aromatic ring is 1. The first-order chi connectivity index (χ1) is 13.2. The summed E-state index contributed by atoms with van der Waals surface area (Å²) in [4.78, 5) is 23.9. The Labute approximate surface area is 168 Å². The molecule has 2 aromatic rings. The Morgan fingerprint density at radius 2 is 2.07 bits per heavy atom. The van der Waals surface area contributed by atoms with Crippen LogP contribution in [-0.4, -0.2) is 41.9 Å². The van der Waals surface area contributed by atoms with E-state index < -0.39 is 12.0 Å². The predicted molar refractivity (Wildman–Crippen MR) is 105 cm³/mol. The first-order valence-corrected chi connectivity index (χ1v) is 9.05. The molecule has 1 fully saturated rings. The van der Waals surface area contributed by atoms with Crippen molar-refractivity contribution in [3.8, 4) is 0 Å². The molecule has 1 amide bonds. The fourth-order valence-corrected chi connectivity index (χ4v) is 3.01. The second kappa shape index (κ2) is 9.07. The minimum absolute atomic E-state index is 0.158. The van der Waals surface area contributed by atoms with Crippen molar-refractivity contribution >= 4 is 35.0 Å². The number of nitrogens with zero attached hydrogens (tertiary/aromatic N) is 2. The van der Waals surface area contributed by atoms with Gasteiger partial charge in [0.15, 0.2) is 5.82 Å². The number of halogens is 1. The van der Waals surface area contributed by atoms with Crippen molar-refractivity contribution in [2.45, 2.75) is 38.1 Å². The van der Waals surface area contributed by atoms with E-state index in [9.17, 15) is 9.59 Å². The summed E-state index contributed by atoms with van der Waals surface area (Å²) in [6.07, 6.45) is 0.635. The van der Waals surface area contributed by atoms with Crippen LogP contribution in [0.1, 0.15) is 32.4 Å². The number of carbonyl (C=O) groups is 2. The van der Waals surface area contributed by atoms with Gasteiger partial charge in [-0.3, -0.25) is 9.69 Å². The molecule has 28 heavy (non-hydrogen) atoms. The molecule has 8 nitrogen and oxygen atoms in total. The number of amides is 1. The number of rotatable bonds is 5. The zero-order valence-corrected chi connectivity index (χ0v) is 16.8. The summed E-state index contributed by atoms with van der Waals surface area (Å²) in [7, 11) is 1.65. The third-order valence-electron chi connectivity index (χ3n) is 4.30. The molecule has 1 aliphatic heterocycles. The summed E-state index contributed by atoms with van der Waals surface area (Å²) < 4.78 is 10.1. The molecule has 0 bridgehead atoms. The van der Waals surface area contributed by atoms with Gasteiger partial charge in [0, 0.05) is 35.7 Å². The van der Waals surface area contributed by atoms with Gasteiger partial charge < -0.3 is 20.1 Å². The Bertz CT molecular complexity index is 819. The average Bonchev–Trinajstić information content (AvgIpc) is 3.23. The van der Waals surface area contributed by atoms with Gasteiger partial charge in [-0.25, -0.2) is 4.79 Å². The fraction of sp³-hybridized carbons (Fsp3) is 0.421. The Morgan fingerprint density at radius 3 is 2.57 bits per heavy atom. The highest BCUT2D eigenvalue weighted by atomic mass is 35.5. The molecule has 1 aliphatic rings. The van der Waals surface area contributed by atoms with Crippen LogP contribution in [0.15, 0.2) is 34.9 Å². The van der Waals surface area contributed by atoms with E-state index in [0.717, 1.165) is 5.76 Å². The largest absolute Gasteiger partial charge is 0.480 e. The zero-order chi connectivity index (χ0) is 20.9. The van der Waals surface area contributed by atoms with E-state index in [1.54, 1.807) is 37.4 Å². The van der Waals surface area contributed by atoms with E-state index in [4.69, 9.17) is 31.7 Å². The SMILES string of the molecule is COCC(C)(C)c1cc(N)no1.O=C(O)[C@@H]1CCC(=O)N1c1ccc(Cl)cc1. The molecule has 0 radical (unpaired) electrons. The number of aliphatic carboxylic acids is 1. The number of carboxylic acids is 1. The molecule has 1 aromatic carbocycles. The Morgan fingerprint density at radius 1 is 1.43 bits per heavy atom. The van der Waals surface area contributed by atoms with Crippen LogP contribution < -0.4 is 10.6 Å². The van der Waals surface area contributed by atoms with E-state index >= 15 is 0 Å². The number of nitrogens with two attached hydrogens (primary N) is 1. The van der Waals surface area contributed by atoms with Crippen LogP contribution in [-0.2, 0) is 19.7 Å². The standard InChI is InChI=1S/C11H10ClNO3.C8H14N2O2/c12-7-1-3-8(4-2-7)13-9(11(15)16)5-6-10(13)14;1-8(2,5-11-3)6-4-7(9)10-12-6/h1-4,9H,5-6H2,(H,15,16);4H,5H2,1-3H3,(H2,9,10)/t9-;/m0./s1. The van der Waals surface area contributed by atoms with Crippen LogP contribution >= 0.6 is 11.6 Å². The van der Waals surface area contributed by atoms with E-state index in [0.29, 0.717) is 29.6 Å². The van der Waals surface area contributed by atoms with Crippen LogP contribution in [0.25, 0.3) is 0 Å². The average molecular weight is 410 g/mol. The first-order valence-electron chi connectivity index (χ1n) is 8.67. The molecule has 0 spiro atoms. The molecule has 3 N–H and O–H groups in total. The molecular weight excluding hydrogens is 386 g/mol. The number of anilines is 2. The summed E-state index contributed by atoms with van der Waals surface area (Å²) >= 11 is 5.73. The molecule has 0 aliphatic carbocycles. The van der Waals surface area contributed by atoms with Gasteiger partial charge in [-0.15, -0.1) is 0 Å². The molecule has 0 saturated carbocycles. The number of carboxylic acid groups (broad SMARTS) is 1. The molecule has 3 rings (SSSR count). The maximum absolute atomic E-state index is 11.6. The van der Waals surface area contributed by atoms with Crippen molar-refractivity contribution in [2.75, 3.05) is 24.4 Å². The van der Waals surface area contributed by atoms with Gasteiger partial charge in [0.25, 0.3) is 0 Å². The second-order valence-electron chi connectivity index (χ2n) is 7.07. The third-order valence-corrected chi connectivity index (χ3v) is 4.55. The Kier molecular flexibility index (Phi) is 7.04. The fourth-order valence-electron chi connectivity index (χ4n) is 2.88. The van der Waals surface area contributed by atoms with Gasteiger partial charge in [0.05, 0.1) is 6.61 Å². The molecule has 2 heterocycles. The molecular formula is C19H24ClN3O5. The summed E-state index contributed by atoms with van der Waals surface area (Å²) in [6.45, 7) is 4.61. The van der Waals surface area contributed by atoms with Crippen molar-refractivity contribution in [1.82, 2.24) is 5.16 Å². The molecule has 152 valence electrons. The number of ether oxygens (including phenoxy) is 1. The van der Waals surface area contributed by atoms with E-state index in [-0.39, 0.29) is 17.7 Å². The zero-order valence-electron chi connectivity index (χ0n) is 16.0. The normalized spacial score (nSPS) is 16.6. The van der Waals surface area contributed by atoms with Gasteiger partial charge in [-0.05, 0) is 30.7 Å². The lowest BCUT2D eigenvalue weighted by Crippen LogP contribution is -2.38. The minimum Gasteiger partial charge on any atom is -0.480 e. The number of carbonyl (C=O) groups excluding carboxylic acids is 1. The number of methoxy groups -OCH3 is 1. The maximum Gasteiger partial charge on any atom is 0.326 e. The van der Waals surface area contributed by atoms with Gasteiger partial charge in [-0.1, -0.05) is 30.6 Å². The van der Waals surface area contributed by atoms with Crippen molar-refractivity contribution in [2.24, 2.45) is 0 Å². The Hall–Kier alpha value is -2.58. The molecule has 1 atom stereocenters. The summed E-state index contributed by atoms with van der Waals surface area (Å²) in [5.74, 6) is 0.0338. The highest BCUT2D eigenvalue weighted by Crippen LogP contribution is 2.28. The van der Waals surface area contributed by atoms with E-state index in [1.807, 2.05) is 13.8 Å². The maximum atomic E-state index is 11.6. The predicted octanol–water partition coefficient (Wildman–Crippen LogP) is 3.10. The van der Waals surface area contributed by atoms with Crippen LogP contribution in [0, 0.1) is 0 Å². The first kappa shape index (κ1) is 21.7. The highest BCUT2D eigenvalue weighted by molar-refractivity contribution is 6.30. The third kappa shape index (κ3) is 5.24. The van der Waals surface area contributed by atoms with Gasteiger partial charge in [-0.2, -0.15) is 0 Å². The van der Waals surface area contributed by atoms with E-state index in [2.05, 4.69) is 5.16 Å². The monoisotopic (exact) mass is 409 g/mol. The topological polar surface area (TPSA) is 119 Å². The number of aromatic nitrogens is 1. The van der Waals surface area contributed by atoms with Gasteiger partial charge >= 0.3 is 5.97 Å². The quantitative estimate of drug-likeness (QED) is 0.778. The van der Waals surface area contributed by atoms with Crippen molar-refractivity contribution in [1.29, 1.82) is 0 Å². The molecule has 1 saturated heterocycles. The second-order valence-corrected chi connectivity index (χ2v) is 7.50. The lowest BCUT2D eigenvalue weighted by Gasteiger charge is -2.21. The van der Waals surface area contributed by atoms with Crippen molar-refractivity contribution in [3.05, 3.63) is 41.1 Å². The number of benzene rings is 1. The van der Waals surface area contributed by atoms with Crippen LogP contribution in [0.3, 0.4) is 0 Å². The lowest BCUT2D eigenvalue weighted by atomic mass is 9.91. The minimum atomic E-state index is -0.971. The van der Waals surface area contributed by atoms with Gasteiger partial charge in [0.1, 0.15) is 11.8 Å². The van der Waals surface area contributed by atoms with Gasteiger partial charge in [0.2, 0.25) is 5.91 Å². The molecule has 0 unspecified atom stereocenters. The summed E-state index contributed by atoms with van der Waals surface area (Å²) in [5.41, 5.74) is 5.84. The van der Waals surface area contributed by atoms with Crippen molar-refractivity contribution in [3.63, 3.8) is 0 Å². The summed E-state index contributed by atoms with van der Waals surface area (Å²) in [6, 6.07) is 7.55. The van der Waals surface area contributed by atoms with Crippen molar-refractivity contribution < 1.29 is 24.0 Å². The van der Waals surface area contributed by atoms with Crippen LogP contribution in [0.2, 0.25) is 5.02 Å². The Balaban J connectivity index is 0.000000209. The van der Waals surface area contributed by atoms with E-state index in [1.165, 1.54) is 4.90 Å². The lowest BCUT2D eigenvalue weighted by molar-refractivity contribution is -0.138. The van der Waals surface area contributed by atoms with Crippen LogP contribution in [0.5, 0.6) is 0 Å².